The first-order chi connectivity index (χ1) is 9.86. The summed E-state index contributed by atoms with van der Waals surface area (Å²) < 4.78 is 5.79. The van der Waals surface area contributed by atoms with Gasteiger partial charge in [0.15, 0.2) is 0 Å². The first-order valence-electron chi connectivity index (χ1n) is 7.32. The number of nitrogens with zero attached hydrogens (tertiary/aromatic N) is 2. The average molecular weight is 274 g/mol. The van der Waals surface area contributed by atoms with Gasteiger partial charge in [0.05, 0.1) is 12.7 Å². The molecule has 5 heteroatoms. The zero-order valence-electron chi connectivity index (χ0n) is 11.9. The van der Waals surface area contributed by atoms with Gasteiger partial charge in [0.1, 0.15) is 5.65 Å². The molecule has 0 radical (unpaired) electrons. The fourth-order valence-corrected chi connectivity index (χ4v) is 2.72. The molecule has 5 nitrogen and oxygen atoms in total. The van der Waals surface area contributed by atoms with Crippen molar-refractivity contribution in [2.75, 3.05) is 32.8 Å². The molecular weight excluding hydrogens is 252 g/mol. The zero-order chi connectivity index (χ0) is 13.8. The Morgan fingerprint density at radius 2 is 2.50 bits per heavy atom. The molecule has 1 atom stereocenters. The van der Waals surface area contributed by atoms with Crippen molar-refractivity contribution >= 4 is 11.0 Å². The molecule has 108 valence electrons. The molecule has 0 aliphatic carbocycles. The van der Waals surface area contributed by atoms with Gasteiger partial charge in [-0.05, 0) is 24.2 Å². The summed E-state index contributed by atoms with van der Waals surface area (Å²) in [6, 6.07) is 4.08. The topological polar surface area (TPSA) is 53.2 Å². The fraction of sp³-hybridized carbons (Fsp3) is 0.533. The van der Waals surface area contributed by atoms with Crippen LogP contribution < -0.4 is 5.32 Å². The number of aromatic amines is 1. The van der Waals surface area contributed by atoms with Gasteiger partial charge < -0.3 is 15.0 Å². The van der Waals surface area contributed by atoms with Gasteiger partial charge >= 0.3 is 0 Å². The van der Waals surface area contributed by atoms with E-state index in [1.54, 1.807) is 0 Å². The average Bonchev–Trinajstić information content (AvgIpc) is 2.91. The van der Waals surface area contributed by atoms with Crippen molar-refractivity contribution in [1.29, 1.82) is 0 Å². The third-order valence-electron chi connectivity index (χ3n) is 3.89. The first-order valence-corrected chi connectivity index (χ1v) is 7.32. The number of H-pyrrole nitrogens is 1. The highest BCUT2D eigenvalue weighted by Gasteiger charge is 2.18. The maximum Gasteiger partial charge on any atom is 0.137 e. The predicted molar refractivity (Wildman–Crippen MR) is 79.7 cm³/mol. The highest BCUT2D eigenvalue weighted by molar-refractivity contribution is 5.79. The summed E-state index contributed by atoms with van der Waals surface area (Å²) in [5, 5.41) is 4.69. The van der Waals surface area contributed by atoms with E-state index in [9.17, 15) is 0 Å². The van der Waals surface area contributed by atoms with Crippen LogP contribution in [0.3, 0.4) is 0 Å². The predicted octanol–water partition coefficient (Wildman–Crippen LogP) is 1.37. The largest absolute Gasteiger partial charge is 0.374 e. The standard InChI is InChI=1S/C15H22N4O/c1-2-19-6-7-20-13(11-19)10-16-8-12-9-18-15-14(12)4-3-5-17-15/h3-5,9,13,16H,2,6-8,10-11H2,1H3,(H,17,18). The maximum atomic E-state index is 5.79. The number of hydrogen-bond donors (Lipinski definition) is 2. The summed E-state index contributed by atoms with van der Waals surface area (Å²) in [6.45, 7) is 7.97. The van der Waals surface area contributed by atoms with E-state index in [1.165, 1.54) is 10.9 Å². The van der Waals surface area contributed by atoms with Gasteiger partial charge in [0.2, 0.25) is 0 Å². The lowest BCUT2D eigenvalue weighted by Gasteiger charge is -2.32. The summed E-state index contributed by atoms with van der Waals surface area (Å²) in [7, 11) is 0. The summed E-state index contributed by atoms with van der Waals surface area (Å²) in [4.78, 5) is 9.94. The Morgan fingerprint density at radius 1 is 1.55 bits per heavy atom. The highest BCUT2D eigenvalue weighted by atomic mass is 16.5. The van der Waals surface area contributed by atoms with Crippen LogP contribution in [0.2, 0.25) is 0 Å². The number of fused-ring (bicyclic) bond motifs is 1. The molecule has 0 spiro atoms. The lowest BCUT2D eigenvalue weighted by atomic mass is 10.2. The summed E-state index contributed by atoms with van der Waals surface area (Å²) in [5.41, 5.74) is 2.21. The summed E-state index contributed by atoms with van der Waals surface area (Å²) in [5.74, 6) is 0. The van der Waals surface area contributed by atoms with Crippen molar-refractivity contribution in [3.63, 3.8) is 0 Å². The van der Waals surface area contributed by atoms with Crippen LogP contribution in [0.15, 0.2) is 24.5 Å². The molecule has 0 bridgehead atoms. The molecule has 1 unspecified atom stereocenters. The van der Waals surface area contributed by atoms with Crippen LogP contribution in [0.25, 0.3) is 11.0 Å². The van der Waals surface area contributed by atoms with Crippen LogP contribution >= 0.6 is 0 Å². The third kappa shape index (κ3) is 3.00. The highest BCUT2D eigenvalue weighted by Crippen LogP contribution is 2.15. The van der Waals surface area contributed by atoms with Crippen LogP contribution in [-0.2, 0) is 11.3 Å². The second-order valence-electron chi connectivity index (χ2n) is 5.23. The quantitative estimate of drug-likeness (QED) is 0.865. The van der Waals surface area contributed by atoms with E-state index < -0.39 is 0 Å². The van der Waals surface area contributed by atoms with Crippen molar-refractivity contribution < 1.29 is 4.74 Å². The van der Waals surface area contributed by atoms with Gasteiger partial charge in [-0.1, -0.05) is 6.92 Å². The lowest BCUT2D eigenvalue weighted by Crippen LogP contribution is -2.46. The molecule has 1 aliphatic heterocycles. The number of hydrogen-bond acceptors (Lipinski definition) is 4. The van der Waals surface area contributed by atoms with Crippen LogP contribution in [0.5, 0.6) is 0 Å². The van der Waals surface area contributed by atoms with E-state index >= 15 is 0 Å². The zero-order valence-corrected chi connectivity index (χ0v) is 11.9. The second kappa shape index (κ2) is 6.35. The Labute approximate surface area is 119 Å². The molecule has 20 heavy (non-hydrogen) atoms. The van der Waals surface area contributed by atoms with E-state index in [0.717, 1.165) is 45.0 Å². The SMILES string of the molecule is CCN1CCOC(CNCc2c[nH]c3ncccc23)C1. The minimum Gasteiger partial charge on any atom is -0.374 e. The first kappa shape index (κ1) is 13.5. The van der Waals surface area contributed by atoms with Crippen LogP contribution in [0.1, 0.15) is 12.5 Å². The molecule has 0 amide bonds. The van der Waals surface area contributed by atoms with Crippen molar-refractivity contribution in [2.45, 2.75) is 19.6 Å². The molecule has 2 aromatic heterocycles. The minimum absolute atomic E-state index is 0.298. The molecule has 3 heterocycles. The number of likely N-dealkylation sites (N-methyl/N-ethyl adjacent to an activating group) is 1. The van der Waals surface area contributed by atoms with Gasteiger partial charge in [-0.15, -0.1) is 0 Å². The smallest absolute Gasteiger partial charge is 0.137 e. The van der Waals surface area contributed by atoms with Gasteiger partial charge in [-0.25, -0.2) is 4.98 Å². The Hall–Kier alpha value is -1.43. The van der Waals surface area contributed by atoms with Crippen LogP contribution in [0, 0.1) is 0 Å². The van der Waals surface area contributed by atoms with Crippen molar-refractivity contribution in [3.05, 3.63) is 30.1 Å². The van der Waals surface area contributed by atoms with E-state index in [0.29, 0.717) is 6.10 Å². The Balaban J connectivity index is 1.52. The number of morpholine rings is 1. The number of pyridine rings is 1. The van der Waals surface area contributed by atoms with Gasteiger partial charge in [0, 0.05) is 44.0 Å². The number of aromatic nitrogens is 2. The normalized spacial score (nSPS) is 20.6. The summed E-state index contributed by atoms with van der Waals surface area (Å²) >= 11 is 0. The number of ether oxygens (including phenoxy) is 1. The van der Waals surface area contributed by atoms with Gasteiger partial charge in [0.25, 0.3) is 0 Å². The van der Waals surface area contributed by atoms with Gasteiger partial charge in [-0.2, -0.15) is 0 Å². The molecular formula is C15H22N4O. The Bertz CT molecular complexity index is 554. The van der Waals surface area contributed by atoms with Gasteiger partial charge in [-0.3, -0.25) is 4.90 Å². The molecule has 3 rings (SSSR count). The van der Waals surface area contributed by atoms with Crippen molar-refractivity contribution in [3.8, 4) is 0 Å². The summed E-state index contributed by atoms with van der Waals surface area (Å²) in [6.07, 6.45) is 4.14. The van der Waals surface area contributed by atoms with E-state index in [4.69, 9.17) is 4.74 Å². The maximum absolute atomic E-state index is 5.79. The van der Waals surface area contributed by atoms with E-state index in [2.05, 4.69) is 33.2 Å². The molecule has 1 saturated heterocycles. The molecule has 1 aliphatic rings. The van der Waals surface area contributed by atoms with E-state index in [1.807, 2.05) is 18.5 Å². The monoisotopic (exact) mass is 274 g/mol. The lowest BCUT2D eigenvalue weighted by molar-refractivity contribution is -0.0253. The minimum atomic E-state index is 0.298. The molecule has 0 aromatic carbocycles. The molecule has 2 N–H and O–H groups in total. The fourth-order valence-electron chi connectivity index (χ4n) is 2.72. The molecule has 0 saturated carbocycles. The number of nitrogens with one attached hydrogen (secondary N) is 2. The molecule has 2 aromatic rings. The van der Waals surface area contributed by atoms with E-state index in [-0.39, 0.29) is 0 Å². The Morgan fingerprint density at radius 3 is 3.40 bits per heavy atom. The van der Waals surface area contributed by atoms with Crippen LogP contribution in [-0.4, -0.2) is 53.8 Å². The van der Waals surface area contributed by atoms with Crippen molar-refractivity contribution in [2.24, 2.45) is 0 Å². The van der Waals surface area contributed by atoms with Crippen molar-refractivity contribution in [1.82, 2.24) is 20.2 Å². The van der Waals surface area contributed by atoms with Crippen LogP contribution in [0.4, 0.5) is 0 Å². The molecule has 1 fully saturated rings. The number of rotatable bonds is 5. The third-order valence-corrected chi connectivity index (χ3v) is 3.89. The second-order valence-corrected chi connectivity index (χ2v) is 5.23. The Kier molecular flexibility index (Phi) is 4.30.